The predicted molar refractivity (Wildman–Crippen MR) is 82.3 cm³/mol. The number of hydrogen-bond donors (Lipinski definition) is 1. The van der Waals surface area contributed by atoms with Gasteiger partial charge in [0.25, 0.3) is 0 Å². The van der Waals surface area contributed by atoms with E-state index in [-0.39, 0.29) is 0 Å². The van der Waals surface area contributed by atoms with Crippen molar-refractivity contribution >= 4 is 21.7 Å². The van der Waals surface area contributed by atoms with Crippen molar-refractivity contribution in [1.29, 1.82) is 0 Å². The lowest BCUT2D eigenvalue weighted by atomic mass is 9.94. The van der Waals surface area contributed by atoms with Crippen LogP contribution in [0.5, 0.6) is 0 Å². The van der Waals surface area contributed by atoms with Crippen molar-refractivity contribution in [3.05, 3.63) is 17.0 Å². The highest BCUT2D eigenvalue weighted by Crippen LogP contribution is 2.21. The molecular weight excluding hydrogens is 304 g/mol. The van der Waals surface area contributed by atoms with Crippen molar-refractivity contribution in [1.82, 2.24) is 14.9 Å². The fourth-order valence-electron chi connectivity index (χ4n) is 2.68. The van der Waals surface area contributed by atoms with Crippen molar-refractivity contribution in [3.8, 4) is 0 Å². The Balaban J connectivity index is 1.63. The Morgan fingerprint density at radius 3 is 2.84 bits per heavy atom. The van der Waals surface area contributed by atoms with Crippen LogP contribution in [0, 0.1) is 0 Å². The molecular formula is C14H23BrN4. The molecule has 1 fully saturated rings. The van der Waals surface area contributed by atoms with Gasteiger partial charge in [-0.3, -0.25) is 0 Å². The molecule has 1 aromatic rings. The lowest BCUT2D eigenvalue weighted by molar-refractivity contribution is 0.191. The maximum Gasteiger partial charge on any atom is 0.130 e. The Morgan fingerprint density at radius 1 is 1.32 bits per heavy atom. The van der Waals surface area contributed by atoms with Gasteiger partial charge in [0.2, 0.25) is 0 Å². The monoisotopic (exact) mass is 326 g/mol. The first-order valence-corrected chi connectivity index (χ1v) is 7.96. The summed E-state index contributed by atoms with van der Waals surface area (Å²) in [4.78, 5) is 10.7. The van der Waals surface area contributed by atoms with Gasteiger partial charge in [-0.1, -0.05) is 19.3 Å². The second-order valence-corrected chi connectivity index (χ2v) is 6.09. The van der Waals surface area contributed by atoms with Crippen molar-refractivity contribution in [3.63, 3.8) is 0 Å². The molecule has 2 rings (SSSR count). The quantitative estimate of drug-likeness (QED) is 0.643. The largest absolute Gasteiger partial charge is 0.370 e. The second kappa shape index (κ2) is 7.80. The highest BCUT2D eigenvalue weighted by molar-refractivity contribution is 9.10. The lowest BCUT2D eigenvalue weighted by Crippen LogP contribution is -2.34. The van der Waals surface area contributed by atoms with Crippen molar-refractivity contribution < 1.29 is 0 Å². The molecule has 0 radical (unpaired) electrons. The molecule has 0 unspecified atom stereocenters. The average Bonchev–Trinajstić information content (AvgIpc) is 2.44. The van der Waals surface area contributed by atoms with Crippen molar-refractivity contribution in [2.75, 3.05) is 25.5 Å². The summed E-state index contributed by atoms with van der Waals surface area (Å²) in [7, 11) is 2.26. The molecule has 5 heteroatoms. The lowest BCUT2D eigenvalue weighted by Gasteiger charge is -2.31. The summed E-state index contributed by atoms with van der Waals surface area (Å²) >= 11 is 3.35. The Hall–Kier alpha value is -0.680. The maximum atomic E-state index is 4.18. The van der Waals surface area contributed by atoms with E-state index < -0.39 is 0 Å². The predicted octanol–water partition coefficient (Wildman–Crippen LogP) is 3.31. The third kappa shape index (κ3) is 5.07. The molecule has 1 N–H and O–H groups in total. The van der Waals surface area contributed by atoms with Crippen LogP contribution in [0.2, 0.25) is 0 Å². The fraction of sp³-hybridized carbons (Fsp3) is 0.714. The van der Waals surface area contributed by atoms with Crippen LogP contribution in [0.25, 0.3) is 0 Å². The highest BCUT2D eigenvalue weighted by atomic mass is 79.9. The van der Waals surface area contributed by atoms with Gasteiger partial charge in [0.1, 0.15) is 16.7 Å². The first kappa shape index (κ1) is 14.7. The zero-order valence-corrected chi connectivity index (χ0v) is 13.2. The third-order valence-electron chi connectivity index (χ3n) is 3.83. The summed E-state index contributed by atoms with van der Waals surface area (Å²) in [6.07, 6.45) is 9.71. The Bertz CT molecular complexity index is 379. The number of aromatic nitrogens is 2. The Kier molecular flexibility index (Phi) is 6.04. The van der Waals surface area contributed by atoms with Crippen molar-refractivity contribution in [2.45, 2.75) is 44.6 Å². The number of hydrogen-bond acceptors (Lipinski definition) is 4. The molecule has 1 saturated carbocycles. The minimum absolute atomic E-state index is 0.807. The third-order valence-corrected chi connectivity index (χ3v) is 4.26. The van der Waals surface area contributed by atoms with Crippen LogP contribution in [0.4, 0.5) is 5.82 Å². The smallest absolute Gasteiger partial charge is 0.130 e. The first-order chi connectivity index (χ1) is 9.25. The normalized spacial score (nSPS) is 16.8. The fourth-order valence-corrected chi connectivity index (χ4v) is 2.99. The zero-order chi connectivity index (χ0) is 13.5. The van der Waals surface area contributed by atoms with E-state index in [2.05, 4.69) is 43.2 Å². The molecule has 106 valence electrons. The first-order valence-electron chi connectivity index (χ1n) is 7.17. The van der Waals surface area contributed by atoms with Crippen LogP contribution in [-0.2, 0) is 0 Å². The van der Waals surface area contributed by atoms with E-state index in [0.717, 1.165) is 36.0 Å². The molecule has 1 aliphatic rings. The van der Waals surface area contributed by atoms with E-state index in [1.807, 2.05) is 6.07 Å². The summed E-state index contributed by atoms with van der Waals surface area (Å²) in [5.41, 5.74) is 0. The Labute approximate surface area is 124 Å². The molecule has 0 spiro atoms. The van der Waals surface area contributed by atoms with Crippen molar-refractivity contribution in [2.24, 2.45) is 0 Å². The van der Waals surface area contributed by atoms with Gasteiger partial charge < -0.3 is 10.2 Å². The topological polar surface area (TPSA) is 41.0 Å². The van der Waals surface area contributed by atoms with Gasteiger partial charge in [-0.2, -0.15) is 0 Å². The standard InChI is InChI=1S/C14H23BrN4/c1-19(12-6-3-2-4-7-12)9-5-8-16-14-10-13(15)17-11-18-14/h10-12H,2-9H2,1H3,(H,16,17,18). The molecule has 1 aromatic heterocycles. The summed E-state index contributed by atoms with van der Waals surface area (Å²) in [5, 5.41) is 3.34. The van der Waals surface area contributed by atoms with Crippen LogP contribution in [0.15, 0.2) is 17.0 Å². The average molecular weight is 327 g/mol. The van der Waals surface area contributed by atoms with Gasteiger partial charge in [-0.05, 0) is 48.8 Å². The van der Waals surface area contributed by atoms with E-state index >= 15 is 0 Å². The van der Waals surface area contributed by atoms with Crippen LogP contribution in [-0.4, -0.2) is 41.0 Å². The minimum Gasteiger partial charge on any atom is -0.370 e. The number of nitrogens with one attached hydrogen (secondary N) is 1. The number of anilines is 1. The second-order valence-electron chi connectivity index (χ2n) is 5.28. The van der Waals surface area contributed by atoms with Gasteiger partial charge >= 0.3 is 0 Å². The molecule has 0 aliphatic heterocycles. The Morgan fingerprint density at radius 2 is 2.11 bits per heavy atom. The molecule has 0 bridgehead atoms. The number of nitrogens with zero attached hydrogens (tertiary/aromatic N) is 3. The SMILES string of the molecule is CN(CCCNc1cc(Br)ncn1)C1CCCCC1. The molecule has 0 atom stereocenters. The van der Waals surface area contributed by atoms with Crippen LogP contribution in [0.3, 0.4) is 0 Å². The molecule has 19 heavy (non-hydrogen) atoms. The zero-order valence-electron chi connectivity index (χ0n) is 11.6. The van der Waals surface area contributed by atoms with E-state index in [1.165, 1.54) is 32.1 Å². The highest BCUT2D eigenvalue weighted by Gasteiger charge is 2.17. The molecule has 4 nitrogen and oxygen atoms in total. The van der Waals surface area contributed by atoms with E-state index in [1.54, 1.807) is 6.33 Å². The maximum absolute atomic E-state index is 4.18. The molecule has 1 aliphatic carbocycles. The van der Waals surface area contributed by atoms with Gasteiger partial charge in [0.05, 0.1) is 0 Å². The van der Waals surface area contributed by atoms with Gasteiger partial charge in [-0.15, -0.1) is 0 Å². The van der Waals surface area contributed by atoms with Gasteiger partial charge in [-0.25, -0.2) is 9.97 Å². The van der Waals surface area contributed by atoms with E-state index in [9.17, 15) is 0 Å². The summed E-state index contributed by atoms with van der Waals surface area (Å²) in [6, 6.07) is 2.71. The molecule has 1 heterocycles. The summed E-state index contributed by atoms with van der Waals surface area (Å²) < 4.78 is 0.823. The summed E-state index contributed by atoms with van der Waals surface area (Å²) in [5.74, 6) is 0.891. The number of rotatable bonds is 6. The van der Waals surface area contributed by atoms with Gasteiger partial charge in [0, 0.05) is 18.7 Å². The molecule has 0 saturated heterocycles. The van der Waals surface area contributed by atoms with E-state index in [4.69, 9.17) is 0 Å². The van der Waals surface area contributed by atoms with Crippen LogP contribution < -0.4 is 5.32 Å². The number of halogens is 1. The van der Waals surface area contributed by atoms with Crippen LogP contribution in [0.1, 0.15) is 38.5 Å². The van der Waals surface area contributed by atoms with Gasteiger partial charge in [0.15, 0.2) is 0 Å². The van der Waals surface area contributed by atoms with Crippen LogP contribution >= 0.6 is 15.9 Å². The molecule has 0 amide bonds. The summed E-state index contributed by atoms with van der Waals surface area (Å²) in [6.45, 7) is 2.12. The minimum atomic E-state index is 0.807. The van der Waals surface area contributed by atoms with E-state index in [0.29, 0.717) is 0 Å². The molecule has 0 aromatic carbocycles.